The molecule has 0 unspecified atom stereocenters. The molecule has 0 spiro atoms. The molecule has 1 heterocycles. The second-order valence-corrected chi connectivity index (χ2v) is 6.75. The molecule has 1 aromatic carbocycles. The Labute approximate surface area is 139 Å². The van der Waals surface area contributed by atoms with Crippen LogP contribution in [-0.4, -0.2) is 30.8 Å². The number of hydrogen-bond acceptors (Lipinski definition) is 3. The highest BCUT2D eigenvalue weighted by Gasteiger charge is 2.52. The van der Waals surface area contributed by atoms with E-state index in [1.807, 2.05) is 27.7 Å². The van der Waals surface area contributed by atoms with Gasteiger partial charge in [0.05, 0.1) is 22.3 Å². The zero-order chi connectivity index (χ0) is 18.3. The highest BCUT2D eigenvalue weighted by atomic mass is 19.4. The van der Waals surface area contributed by atoms with Gasteiger partial charge in [-0.15, -0.1) is 0 Å². The van der Waals surface area contributed by atoms with Gasteiger partial charge in [0, 0.05) is 6.54 Å². The van der Waals surface area contributed by atoms with E-state index in [-0.39, 0.29) is 12.0 Å². The molecule has 1 aliphatic rings. The van der Waals surface area contributed by atoms with Gasteiger partial charge in [0.2, 0.25) is 0 Å². The zero-order valence-electron chi connectivity index (χ0n) is 14.4. The van der Waals surface area contributed by atoms with E-state index < -0.39 is 41.5 Å². The van der Waals surface area contributed by atoms with Crippen molar-refractivity contribution in [2.75, 3.05) is 6.54 Å². The third-order valence-corrected chi connectivity index (χ3v) is 4.46. The number of halogens is 3. The fraction of sp³-hybridized carbons (Fsp3) is 0.562. The maximum atomic E-state index is 13.4. The third kappa shape index (κ3) is 3.44. The topological polar surface area (TPSA) is 47.6 Å². The normalized spacial score (nSPS) is 19.4. The van der Waals surface area contributed by atoms with Crippen molar-refractivity contribution in [2.24, 2.45) is 0 Å². The van der Waals surface area contributed by atoms with Gasteiger partial charge in [-0.3, -0.25) is 4.79 Å². The molecule has 1 amide bonds. The van der Waals surface area contributed by atoms with Crippen molar-refractivity contribution in [1.29, 1.82) is 0 Å². The molecular weight excluding hydrogens is 322 g/mol. The maximum absolute atomic E-state index is 13.4. The van der Waals surface area contributed by atoms with Gasteiger partial charge in [0.1, 0.15) is 0 Å². The molecule has 24 heavy (non-hydrogen) atoms. The van der Waals surface area contributed by atoms with E-state index in [0.717, 1.165) is 12.1 Å². The van der Waals surface area contributed by atoms with Gasteiger partial charge in [-0.05, 0) is 52.2 Å². The Kier molecular flexibility index (Phi) is 4.76. The SMILES string of the molecule is CCNC(=O)c1ccc(B2OC(C)(C)C(C)(C)O2)cc1C(F)(F)F. The second-order valence-electron chi connectivity index (χ2n) is 6.75. The van der Waals surface area contributed by atoms with Gasteiger partial charge < -0.3 is 14.6 Å². The van der Waals surface area contributed by atoms with Gasteiger partial charge in [0.25, 0.3) is 5.91 Å². The average Bonchev–Trinajstić information content (AvgIpc) is 2.66. The first-order valence-electron chi connectivity index (χ1n) is 7.74. The van der Waals surface area contributed by atoms with Crippen molar-refractivity contribution < 1.29 is 27.3 Å². The van der Waals surface area contributed by atoms with Crippen LogP contribution >= 0.6 is 0 Å². The van der Waals surface area contributed by atoms with Gasteiger partial charge in [-0.2, -0.15) is 13.2 Å². The van der Waals surface area contributed by atoms with E-state index in [9.17, 15) is 18.0 Å². The second kappa shape index (κ2) is 6.08. The van der Waals surface area contributed by atoms with Crippen molar-refractivity contribution >= 4 is 18.5 Å². The molecule has 1 saturated heterocycles. The van der Waals surface area contributed by atoms with E-state index in [2.05, 4.69) is 5.32 Å². The smallest absolute Gasteiger partial charge is 0.399 e. The van der Waals surface area contributed by atoms with Crippen LogP contribution in [0.15, 0.2) is 18.2 Å². The molecule has 2 rings (SSSR count). The van der Waals surface area contributed by atoms with Crippen LogP contribution in [-0.2, 0) is 15.5 Å². The number of nitrogens with one attached hydrogen (secondary N) is 1. The molecule has 0 aliphatic carbocycles. The predicted octanol–water partition coefficient (Wildman–Crippen LogP) is 2.75. The molecule has 4 nitrogen and oxygen atoms in total. The highest BCUT2D eigenvalue weighted by Crippen LogP contribution is 2.37. The lowest BCUT2D eigenvalue weighted by Crippen LogP contribution is -2.41. The van der Waals surface area contributed by atoms with Crippen LogP contribution in [0.2, 0.25) is 0 Å². The van der Waals surface area contributed by atoms with Gasteiger partial charge >= 0.3 is 13.3 Å². The summed E-state index contributed by atoms with van der Waals surface area (Å²) in [5, 5.41) is 2.39. The molecular formula is C16H21BF3NO3. The first-order chi connectivity index (χ1) is 10.9. The fourth-order valence-electron chi connectivity index (χ4n) is 2.38. The molecule has 0 radical (unpaired) electrons. The Hall–Kier alpha value is -1.54. The summed E-state index contributed by atoms with van der Waals surface area (Å²) >= 11 is 0. The zero-order valence-corrected chi connectivity index (χ0v) is 14.4. The summed E-state index contributed by atoms with van der Waals surface area (Å²) in [5.41, 5.74) is -2.50. The molecule has 132 valence electrons. The van der Waals surface area contributed by atoms with E-state index in [1.165, 1.54) is 6.07 Å². The minimum Gasteiger partial charge on any atom is -0.399 e. The minimum absolute atomic E-state index is 0.231. The summed E-state index contributed by atoms with van der Waals surface area (Å²) in [7, 11) is -0.917. The van der Waals surface area contributed by atoms with Crippen LogP contribution in [0.4, 0.5) is 13.2 Å². The van der Waals surface area contributed by atoms with Crippen LogP contribution in [0.5, 0.6) is 0 Å². The summed E-state index contributed by atoms with van der Waals surface area (Å²) in [5.74, 6) is -0.759. The van der Waals surface area contributed by atoms with E-state index in [1.54, 1.807) is 6.92 Å². The largest absolute Gasteiger partial charge is 0.494 e. The Morgan fingerprint density at radius 3 is 2.17 bits per heavy atom. The number of amides is 1. The molecule has 1 fully saturated rings. The highest BCUT2D eigenvalue weighted by molar-refractivity contribution is 6.62. The van der Waals surface area contributed by atoms with Gasteiger partial charge in [-0.25, -0.2) is 0 Å². The first kappa shape index (κ1) is 18.8. The van der Waals surface area contributed by atoms with Crippen molar-refractivity contribution in [2.45, 2.75) is 52.0 Å². The van der Waals surface area contributed by atoms with Gasteiger partial charge in [-0.1, -0.05) is 6.07 Å². The standard InChI is InChI=1S/C16H21BF3NO3/c1-6-21-13(22)11-8-7-10(9-12(11)16(18,19)20)17-23-14(2,3)15(4,5)24-17/h7-9H,6H2,1-5H3,(H,21,22). The molecule has 0 atom stereocenters. The Morgan fingerprint density at radius 1 is 1.17 bits per heavy atom. The number of rotatable bonds is 3. The molecule has 0 saturated carbocycles. The van der Waals surface area contributed by atoms with E-state index >= 15 is 0 Å². The first-order valence-corrected chi connectivity index (χ1v) is 7.74. The predicted molar refractivity (Wildman–Crippen MR) is 85.2 cm³/mol. The van der Waals surface area contributed by atoms with Gasteiger partial charge in [0.15, 0.2) is 0 Å². The molecule has 1 N–H and O–H groups in total. The Morgan fingerprint density at radius 2 is 1.71 bits per heavy atom. The number of carbonyl (C=O) groups is 1. The summed E-state index contributed by atoms with van der Waals surface area (Å²) < 4.78 is 51.6. The molecule has 1 aromatic rings. The molecule has 0 aromatic heterocycles. The molecule has 8 heteroatoms. The molecule has 1 aliphatic heterocycles. The maximum Gasteiger partial charge on any atom is 0.494 e. The van der Waals surface area contributed by atoms with Crippen LogP contribution < -0.4 is 10.8 Å². The lowest BCUT2D eigenvalue weighted by atomic mass is 9.77. The Balaban J connectivity index is 2.43. The lowest BCUT2D eigenvalue weighted by molar-refractivity contribution is -0.137. The summed E-state index contributed by atoms with van der Waals surface area (Å²) in [6.07, 6.45) is -4.65. The van der Waals surface area contributed by atoms with E-state index in [0.29, 0.717) is 0 Å². The van der Waals surface area contributed by atoms with E-state index in [4.69, 9.17) is 9.31 Å². The number of benzene rings is 1. The van der Waals surface area contributed by atoms with Crippen LogP contribution in [0.3, 0.4) is 0 Å². The minimum atomic E-state index is -4.65. The fourth-order valence-corrected chi connectivity index (χ4v) is 2.38. The van der Waals surface area contributed by atoms with Crippen molar-refractivity contribution in [3.8, 4) is 0 Å². The summed E-state index contributed by atoms with van der Waals surface area (Å²) in [4.78, 5) is 11.9. The average molecular weight is 343 g/mol. The van der Waals surface area contributed by atoms with Crippen molar-refractivity contribution in [3.05, 3.63) is 29.3 Å². The van der Waals surface area contributed by atoms with Crippen molar-refractivity contribution in [1.82, 2.24) is 5.32 Å². The number of carbonyl (C=O) groups excluding carboxylic acids is 1. The van der Waals surface area contributed by atoms with Crippen LogP contribution in [0.1, 0.15) is 50.5 Å². The quantitative estimate of drug-likeness (QED) is 0.859. The summed E-state index contributed by atoms with van der Waals surface area (Å²) in [6, 6.07) is 3.52. The Bertz CT molecular complexity index is 628. The van der Waals surface area contributed by atoms with Crippen LogP contribution in [0, 0.1) is 0 Å². The third-order valence-electron chi connectivity index (χ3n) is 4.46. The monoisotopic (exact) mass is 343 g/mol. The molecule has 0 bridgehead atoms. The lowest BCUT2D eigenvalue weighted by Gasteiger charge is -2.32. The number of hydrogen-bond donors (Lipinski definition) is 1. The summed E-state index contributed by atoms with van der Waals surface area (Å²) in [6.45, 7) is 9.17. The van der Waals surface area contributed by atoms with Crippen LogP contribution in [0.25, 0.3) is 0 Å². The number of alkyl halides is 3. The van der Waals surface area contributed by atoms with Crippen molar-refractivity contribution in [3.63, 3.8) is 0 Å².